The fourth-order valence-corrected chi connectivity index (χ4v) is 2.79. The molecule has 1 aliphatic rings. The molecule has 1 aliphatic carbocycles. The van der Waals surface area contributed by atoms with E-state index in [1.54, 1.807) is 6.07 Å². The summed E-state index contributed by atoms with van der Waals surface area (Å²) in [5.41, 5.74) is 2.55. The SMILES string of the molecule is COC(=O)c1ccc2c(c1)CCC(CNC(=O)OC(C)(C)C)C2. The van der Waals surface area contributed by atoms with Gasteiger partial charge in [-0.1, -0.05) is 6.07 Å². The van der Waals surface area contributed by atoms with Crippen LogP contribution in [0, 0.1) is 5.92 Å². The summed E-state index contributed by atoms with van der Waals surface area (Å²) in [6.45, 7) is 6.15. The molecular formula is C18H25NO4. The number of fused-ring (bicyclic) bond motifs is 1. The summed E-state index contributed by atoms with van der Waals surface area (Å²) in [6, 6.07) is 5.70. The van der Waals surface area contributed by atoms with Crippen molar-refractivity contribution in [3.8, 4) is 0 Å². The highest BCUT2D eigenvalue weighted by molar-refractivity contribution is 5.89. The molecule has 1 amide bonds. The van der Waals surface area contributed by atoms with E-state index >= 15 is 0 Å². The van der Waals surface area contributed by atoms with Crippen LogP contribution in [0.15, 0.2) is 18.2 Å². The summed E-state index contributed by atoms with van der Waals surface area (Å²) in [4.78, 5) is 23.3. The number of methoxy groups -OCH3 is 1. The molecule has 1 N–H and O–H groups in total. The van der Waals surface area contributed by atoms with Gasteiger partial charge < -0.3 is 14.8 Å². The number of benzene rings is 1. The smallest absolute Gasteiger partial charge is 0.407 e. The van der Waals surface area contributed by atoms with E-state index in [2.05, 4.69) is 5.32 Å². The van der Waals surface area contributed by atoms with Crippen LogP contribution in [0.5, 0.6) is 0 Å². The van der Waals surface area contributed by atoms with Crippen LogP contribution in [0.1, 0.15) is 48.7 Å². The van der Waals surface area contributed by atoms with Crippen LogP contribution < -0.4 is 5.32 Å². The van der Waals surface area contributed by atoms with E-state index in [-0.39, 0.29) is 12.1 Å². The van der Waals surface area contributed by atoms with Crippen LogP contribution >= 0.6 is 0 Å². The van der Waals surface area contributed by atoms with Gasteiger partial charge >= 0.3 is 12.1 Å². The van der Waals surface area contributed by atoms with Gasteiger partial charge in [0.25, 0.3) is 0 Å². The molecule has 0 aliphatic heterocycles. The molecule has 2 rings (SSSR count). The normalized spacial score (nSPS) is 17.1. The van der Waals surface area contributed by atoms with E-state index < -0.39 is 5.60 Å². The van der Waals surface area contributed by atoms with Crippen molar-refractivity contribution in [2.45, 2.75) is 45.6 Å². The summed E-state index contributed by atoms with van der Waals surface area (Å²) in [6.07, 6.45) is 2.41. The lowest BCUT2D eigenvalue weighted by Crippen LogP contribution is -2.36. The van der Waals surface area contributed by atoms with Gasteiger partial charge in [0.1, 0.15) is 5.60 Å². The second-order valence-electron chi connectivity index (χ2n) is 6.97. The summed E-state index contributed by atoms with van der Waals surface area (Å²) >= 11 is 0. The van der Waals surface area contributed by atoms with Crippen molar-refractivity contribution in [3.63, 3.8) is 0 Å². The zero-order valence-corrected chi connectivity index (χ0v) is 14.3. The maximum atomic E-state index is 11.7. The maximum Gasteiger partial charge on any atom is 0.407 e. The second kappa shape index (κ2) is 7.02. The first-order chi connectivity index (χ1) is 10.8. The predicted molar refractivity (Wildman–Crippen MR) is 87.5 cm³/mol. The van der Waals surface area contributed by atoms with Gasteiger partial charge in [-0.2, -0.15) is 0 Å². The molecule has 0 saturated heterocycles. The topological polar surface area (TPSA) is 64.6 Å². The van der Waals surface area contributed by atoms with E-state index in [4.69, 9.17) is 9.47 Å². The number of amides is 1. The number of carbonyl (C=O) groups is 2. The molecule has 126 valence electrons. The zero-order valence-electron chi connectivity index (χ0n) is 14.3. The molecule has 5 nitrogen and oxygen atoms in total. The van der Waals surface area contributed by atoms with Crippen LogP contribution in [-0.2, 0) is 22.3 Å². The molecule has 0 spiro atoms. The minimum Gasteiger partial charge on any atom is -0.465 e. The lowest BCUT2D eigenvalue weighted by molar-refractivity contribution is 0.0516. The van der Waals surface area contributed by atoms with Crippen molar-refractivity contribution >= 4 is 12.1 Å². The van der Waals surface area contributed by atoms with E-state index in [0.29, 0.717) is 18.0 Å². The Kier molecular flexibility index (Phi) is 5.29. The Labute approximate surface area is 137 Å². The number of nitrogens with one attached hydrogen (secondary N) is 1. The molecule has 1 unspecified atom stereocenters. The van der Waals surface area contributed by atoms with Gasteiger partial charge in [0.05, 0.1) is 12.7 Å². The highest BCUT2D eigenvalue weighted by Gasteiger charge is 2.22. The predicted octanol–water partition coefficient (Wildman–Crippen LogP) is 3.10. The van der Waals surface area contributed by atoms with E-state index in [0.717, 1.165) is 19.3 Å². The Balaban J connectivity index is 1.91. The van der Waals surface area contributed by atoms with Crippen LogP contribution in [0.3, 0.4) is 0 Å². The molecule has 5 heteroatoms. The first-order valence-corrected chi connectivity index (χ1v) is 7.95. The third-order valence-electron chi connectivity index (χ3n) is 3.89. The standard InChI is InChI=1S/C18H25NO4/c1-18(2,3)23-17(21)19-11-12-5-6-14-10-15(16(20)22-4)8-7-13(14)9-12/h7-8,10,12H,5-6,9,11H2,1-4H3,(H,19,21). The number of rotatable bonds is 3. The van der Waals surface area contributed by atoms with Crippen LogP contribution in [0.25, 0.3) is 0 Å². The minimum atomic E-state index is -0.479. The molecule has 1 aromatic carbocycles. The van der Waals surface area contributed by atoms with E-state index in [1.165, 1.54) is 18.2 Å². The van der Waals surface area contributed by atoms with Crippen LogP contribution in [0.4, 0.5) is 4.79 Å². The summed E-state index contributed by atoms with van der Waals surface area (Å²) < 4.78 is 10.0. The van der Waals surface area contributed by atoms with Crippen molar-refractivity contribution in [1.82, 2.24) is 5.32 Å². The largest absolute Gasteiger partial charge is 0.465 e. The molecule has 0 fully saturated rings. The molecule has 0 heterocycles. The Hall–Kier alpha value is -2.04. The average molecular weight is 319 g/mol. The van der Waals surface area contributed by atoms with Gasteiger partial charge in [-0.05, 0) is 69.2 Å². The fourth-order valence-electron chi connectivity index (χ4n) is 2.79. The van der Waals surface area contributed by atoms with Crippen molar-refractivity contribution in [1.29, 1.82) is 0 Å². The quantitative estimate of drug-likeness (QED) is 0.870. The molecule has 1 aromatic rings. The first kappa shape index (κ1) is 17.3. The highest BCUT2D eigenvalue weighted by Crippen LogP contribution is 2.26. The van der Waals surface area contributed by atoms with Gasteiger partial charge in [0, 0.05) is 6.54 Å². The van der Waals surface area contributed by atoms with E-state index in [9.17, 15) is 9.59 Å². The second-order valence-corrected chi connectivity index (χ2v) is 6.97. The number of alkyl carbamates (subject to hydrolysis) is 1. The lowest BCUT2D eigenvalue weighted by atomic mass is 9.83. The number of ether oxygens (including phenoxy) is 2. The zero-order chi connectivity index (χ0) is 17.0. The Morgan fingerprint density at radius 1 is 1.26 bits per heavy atom. The van der Waals surface area contributed by atoms with Gasteiger partial charge in [-0.15, -0.1) is 0 Å². The van der Waals surface area contributed by atoms with Crippen molar-refractivity contribution < 1.29 is 19.1 Å². The fraction of sp³-hybridized carbons (Fsp3) is 0.556. The Morgan fingerprint density at radius 3 is 2.65 bits per heavy atom. The lowest BCUT2D eigenvalue weighted by Gasteiger charge is -2.26. The minimum absolute atomic E-state index is 0.304. The number of hydrogen-bond donors (Lipinski definition) is 1. The van der Waals surface area contributed by atoms with E-state index in [1.807, 2.05) is 32.9 Å². The van der Waals surface area contributed by atoms with Gasteiger partial charge in [-0.25, -0.2) is 9.59 Å². The third-order valence-corrected chi connectivity index (χ3v) is 3.89. The average Bonchev–Trinajstić information content (AvgIpc) is 2.49. The molecule has 0 saturated carbocycles. The summed E-state index contributed by atoms with van der Waals surface area (Å²) in [7, 11) is 1.39. The maximum absolute atomic E-state index is 11.7. The first-order valence-electron chi connectivity index (χ1n) is 7.95. The van der Waals surface area contributed by atoms with Crippen molar-refractivity contribution in [2.75, 3.05) is 13.7 Å². The Morgan fingerprint density at radius 2 is 2.00 bits per heavy atom. The molecule has 0 aromatic heterocycles. The van der Waals surface area contributed by atoms with Crippen molar-refractivity contribution in [2.24, 2.45) is 5.92 Å². The molecule has 0 radical (unpaired) electrons. The molecule has 0 bridgehead atoms. The van der Waals surface area contributed by atoms with Crippen LogP contribution in [-0.4, -0.2) is 31.3 Å². The number of hydrogen-bond acceptors (Lipinski definition) is 4. The number of aryl methyl sites for hydroxylation is 1. The summed E-state index contributed by atoms with van der Waals surface area (Å²) in [5, 5.41) is 2.84. The Bertz CT molecular complexity index is 589. The number of carbonyl (C=O) groups excluding carboxylic acids is 2. The molecule has 23 heavy (non-hydrogen) atoms. The highest BCUT2D eigenvalue weighted by atomic mass is 16.6. The monoisotopic (exact) mass is 319 g/mol. The number of esters is 1. The van der Waals surface area contributed by atoms with Gasteiger partial charge in [0.15, 0.2) is 0 Å². The van der Waals surface area contributed by atoms with Crippen LogP contribution in [0.2, 0.25) is 0 Å². The third kappa shape index (κ3) is 4.98. The summed E-state index contributed by atoms with van der Waals surface area (Å²) in [5.74, 6) is 0.0838. The molecular weight excluding hydrogens is 294 g/mol. The molecule has 1 atom stereocenters. The van der Waals surface area contributed by atoms with Crippen molar-refractivity contribution in [3.05, 3.63) is 34.9 Å². The van der Waals surface area contributed by atoms with Gasteiger partial charge in [0.2, 0.25) is 0 Å². The van der Waals surface area contributed by atoms with Gasteiger partial charge in [-0.3, -0.25) is 0 Å².